The topological polar surface area (TPSA) is 54.0 Å². The van der Waals surface area contributed by atoms with Crippen LogP contribution in [0, 0.1) is 6.92 Å². The molecule has 0 aliphatic heterocycles. The zero-order chi connectivity index (χ0) is 10.7. The van der Waals surface area contributed by atoms with E-state index in [4.69, 9.17) is 0 Å². The molecule has 0 spiro atoms. The van der Waals surface area contributed by atoms with Crippen LogP contribution in [0.3, 0.4) is 0 Å². The molecule has 1 heterocycles. The number of nitrogens with one attached hydrogen (secondary N) is 2. The average molecular weight is 205 g/mol. The number of anilines is 1. The van der Waals surface area contributed by atoms with Gasteiger partial charge in [0.05, 0.1) is 18.4 Å². The Balaban J connectivity index is 1.84. The van der Waals surface area contributed by atoms with Gasteiger partial charge in [0.25, 0.3) is 0 Å². The van der Waals surface area contributed by atoms with Crippen molar-refractivity contribution in [2.24, 2.45) is 0 Å². The summed E-state index contributed by atoms with van der Waals surface area (Å²) in [5.74, 6) is -0.00185. The molecular weight excluding hydrogens is 190 g/mol. The van der Waals surface area contributed by atoms with Crippen LogP contribution in [0.2, 0.25) is 0 Å². The van der Waals surface area contributed by atoms with Crippen LogP contribution in [0.4, 0.5) is 5.69 Å². The molecule has 4 nitrogen and oxygen atoms in total. The van der Waals surface area contributed by atoms with E-state index in [1.54, 1.807) is 12.4 Å². The van der Waals surface area contributed by atoms with Crippen molar-refractivity contribution in [3.8, 4) is 0 Å². The zero-order valence-corrected chi connectivity index (χ0v) is 8.79. The van der Waals surface area contributed by atoms with Gasteiger partial charge in [0.15, 0.2) is 0 Å². The molecule has 1 fully saturated rings. The van der Waals surface area contributed by atoms with Gasteiger partial charge < -0.3 is 10.6 Å². The van der Waals surface area contributed by atoms with E-state index in [9.17, 15) is 4.79 Å². The fourth-order valence-corrected chi connectivity index (χ4v) is 1.31. The Hall–Kier alpha value is -1.42. The number of pyridine rings is 1. The predicted octanol–water partition coefficient (Wildman–Crippen LogP) is 1.08. The van der Waals surface area contributed by atoms with Crippen LogP contribution in [0.15, 0.2) is 18.5 Å². The molecule has 1 aliphatic rings. The lowest BCUT2D eigenvalue weighted by Gasteiger charge is -2.07. The molecule has 1 amide bonds. The van der Waals surface area contributed by atoms with Gasteiger partial charge in [0.1, 0.15) is 0 Å². The number of hydrogen-bond donors (Lipinski definition) is 2. The number of nitrogens with zero attached hydrogens (tertiary/aromatic N) is 1. The molecule has 0 bridgehead atoms. The molecule has 2 rings (SSSR count). The molecule has 4 heteroatoms. The van der Waals surface area contributed by atoms with Gasteiger partial charge in [-0.2, -0.15) is 0 Å². The number of carbonyl (C=O) groups is 1. The second-order valence-corrected chi connectivity index (χ2v) is 3.89. The summed E-state index contributed by atoms with van der Waals surface area (Å²) in [6.07, 6.45) is 5.77. The van der Waals surface area contributed by atoms with Crippen LogP contribution in [-0.4, -0.2) is 23.5 Å². The van der Waals surface area contributed by atoms with Gasteiger partial charge >= 0.3 is 0 Å². The average Bonchev–Trinajstić information content (AvgIpc) is 3.02. The van der Waals surface area contributed by atoms with Gasteiger partial charge in [-0.15, -0.1) is 0 Å². The second kappa shape index (κ2) is 4.40. The Morgan fingerprint density at radius 1 is 1.60 bits per heavy atom. The Labute approximate surface area is 89.1 Å². The van der Waals surface area contributed by atoms with Crippen LogP contribution in [-0.2, 0) is 4.79 Å². The van der Waals surface area contributed by atoms with Crippen molar-refractivity contribution in [2.75, 3.05) is 11.9 Å². The van der Waals surface area contributed by atoms with Crippen molar-refractivity contribution in [2.45, 2.75) is 25.8 Å². The highest BCUT2D eigenvalue weighted by molar-refractivity contribution is 5.92. The lowest BCUT2D eigenvalue weighted by atomic mass is 10.2. The van der Waals surface area contributed by atoms with E-state index in [1.807, 2.05) is 13.0 Å². The van der Waals surface area contributed by atoms with Crippen LogP contribution < -0.4 is 10.6 Å². The summed E-state index contributed by atoms with van der Waals surface area (Å²) in [4.78, 5) is 15.5. The summed E-state index contributed by atoms with van der Waals surface area (Å²) in [6, 6.07) is 2.44. The molecule has 0 radical (unpaired) electrons. The van der Waals surface area contributed by atoms with Crippen molar-refractivity contribution < 1.29 is 4.79 Å². The van der Waals surface area contributed by atoms with E-state index in [2.05, 4.69) is 15.6 Å². The molecule has 1 aromatic heterocycles. The first-order chi connectivity index (χ1) is 7.25. The first-order valence-corrected chi connectivity index (χ1v) is 5.19. The first kappa shape index (κ1) is 10.1. The minimum absolute atomic E-state index is 0.00185. The number of aryl methyl sites for hydroxylation is 1. The molecule has 80 valence electrons. The highest BCUT2D eigenvalue weighted by Crippen LogP contribution is 2.18. The predicted molar refractivity (Wildman–Crippen MR) is 58.6 cm³/mol. The third-order valence-electron chi connectivity index (χ3n) is 2.44. The summed E-state index contributed by atoms with van der Waals surface area (Å²) < 4.78 is 0. The highest BCUT2D eigenvalue weighted by Gasteiger charge is 2.21. The highest BCUT2D eigenvalue weighted by atomic mass is 16.1. The molecule has 1 aromatic rings. The van der Waals surface area contributed by atoms with E-state index in [-0.39, 0.29) is 5.91 Å². The Bertz CT molecular complexity index is 361. The Morgan fingerprint density at radius 2 is 2.40 bits per heavy atom. The number of hydrogen-bond acceptors (Lipinski definition) is 3. The third-order valence-corrected chi connectivity index (χ3v) is 2.44. The molecular formula is C11H15N3O. The van der Waals surface area contributed by atoms with Crippen molar-refractivity contribution in [1.82, 2.24) is 10.3 Å². The third kappa shape index (κ3) is 3.02. The van der Waals surface area contributed by atoms with E-state index in [1.165, 1.54) is 12.8 Å². The SMILES string of the molecule is Cc1ccncc1NC(=O)CNC1CC1. The number of carbonyl (C=O) groups excluding carboxylic acids is 1. The minimum Gasteiger partial charge on any atom is -0.323 e. The standard InChI is InChI=1S/C11H15N3O/c1-8-4-5-12-6-10(8)14-11(15)7-13-9-2-3-9/h4-6,9,13H,2-3,7H2,1H3,(H,14,15). The molecule has 0 unspecified atom stereocenters. The van der Waals surface area contributed by atoms with Crippen LogP contribution >= 0.6 is 0 Å². The van der Waals surface area contributed by atoms with Crippen molar-refractivity contribution in [3.05, 3.63) is 24.0 Å². The van der Waals surface area contributed by atoms with Gasteiger partial charge in [0.2, 0.25) is 5.91 Å². The zero-order valence-electron chi connectivity index (χ0n) is 8.79. The summed E-state index contributed by atoms with van der Waals surface area (Å²) in [5, 5.41) is 5.99. The smallest absolute Gasteiger partial charge is 0.238 e. The lowest BCUT2D eigenvalue weighted by Crippen LogP contribution is -2.29. The summed E-state index contributed by atoms with van der Waals surface area (Å²) in [6.45, 7) is 2.34. The molecule has 1 saturated carbocycles. The van der Waals surface area contributed by atoms with Gasteiger partial charge in [-0.25, -0.2) is 0 Å². The molecule has 2 N–H and O–H groups in total. The second-order valence-electron chi connectivity index (χ2n) is 3.89. The van der Waals surface area contributed by atoms with Crippen LogP contribution in [0.1, 0.15) is 18.4 Å². The first-order valence-electron chi connectivity index (χ1n) is 5.19. The van der Waals surface area contributed by atoms with Crippen molar-refractivity contribution in [1.29, 1.82) is 0 Å². The van der Waals surface area contributed by atoms with Gasteiger partial charge in [0, 0.05) is 12.2 Å². The maximum absolute atomic E-state index is 11.5. The maximum Gasteiger partial charge on any atom is 0.238 e. The maximum atomic E-state index is 11.5. The van der Waals surface area contributed by atoms with Crippen molar-refractivity contribution >= 4 is 11.6 Å². The Morgan fingerprint density at radius 3 is 3.07 bits per heavy atom. The van der Waals surface area contributed by atoms with E-state index >= 15 is 0 Å². The molecule has 0 saturated heterocycles. The molecule has 0 atom stereocenters. The summed E-state index contributed by atoms with van der Waals surface area (Å²) in [7, 11) is 0. The fraction of sp³-hybridized carbons (Fsp3) is 0.455. The molecule has 0 aromatic carbocycles. The van der Waals surface area contributed by atoms with E-state index in [0.29, 0.717) is 12.6 Å². The molecule has 15 heavy (non-hydrogen) atoms. The van der Waals surface area contributed by atoms with Gasteiger partial charge in [-0.1, -0.05) is 0 Å². The van der Waals surface area contributed by atoms with Crippen LogP contribution in [0.25, 0.3) is 0 Å². The number of aromatic nitrogens is 1. The number of amides is 1. The summed E-state index contributed by atoms with van der Waals surface area (Å²) >= 11 is 0. The lowest BCUT2D eigenvalue weighted by molar-refractivity contribution is -0.115. The van der Waals surface area contributed by atoms with Gasteiger partial charge in [-0.3, -0.25) is 9.78 Å². The minimum atomic E-state index is -0.00185. The Kier molecular flexibility index (Phi) is 2.97. The van der Waals surface area contributed by atoms with Crippen molar-refractivity contribution in [3.63, 3.8) is 0 Å². The van der Waals surface area contributed by atoms with Crippen LogP contribution in [0.5, 0.6) is 0 Å². The quantitative estimate of drug-likeness (QED) is 0.773. The fourth-order valence-electron chi connectivity index (χ4n) is 1.31. The van der Waals surface area contributed by atoms with Gasteiger partial charge in [-0.05, 0) is 31.4 Å². The van der Waals surface area contributed by atoms with E-state index in [0.717, 1.165) is 11.3 Å². The number of rotatable bonds is 4. The monoisotopic (exact) mass is 205 g/mol. The normalized spacial score (nSPS) is 15.0. The summed E-state index contributed by atoms with van der Waals surface area (Å²) in [5.41, 5.74) is 1.82. The molecule has 1 aliphatic carbocycles. The van der Waals surface area contributed by atoms with E-state index < -0.39 is 0 Å². The largest absolute Gasteiger partial charge is 0.323 e.